The van der Waals surface area contributed by atoms with Gasteiger partial charge in [-0.1, -0.05) is 12.1 Å². The van der Waals surface area contributed by atoms with Crippen molar-refractivity contribution in [2.45, 2.75) is 38.4 Å². The Balaban J connectivity index is 1.49. The fraction of sp³-hybridized carbons (Fsp3) is 0.286. The lowest BCUT2D eigenvalue weighted by molar-refractivity contribution is -0.136. The Morgan fingerprint density at radius 3 is 2.67 bits per heavy atom. The molecule has 2 aliphatic rings. The molecule has 1 fully saturated rings. The zero-order valence-electron chi connectivity index (χ0n) is 16.3. The van der Waals surface area contributed by atoms with Gasteiger partial charge in [-0.3, -0.25) is 29.4 Å². The van der Waals surface area contributed by atoms with Crippen LogP contribution in [0.1, 0.15) is 57.8 Å². The van der Waals surface area contributed by atoms with Crippen LogP contribution in [0.3, 0.4) is 0 Å². The van der Waals surface area contributed by atoms with E-state index in [-0.39, 0.29) is 30.0 Å². The molecule has 0 saturated carbocycles. The Hall–Kier alpha value is -3.59. The molecule has 1 aromatic carbocycles. The Labute approximate surface area is 172 Å². The predicted molar refractivity (Wildman–Crippen MR) is 107 cm³/mol. The Bertz CT molecular complexity index is 1070. The van der Waals surface area contributed by atoms with Gasteiger partial charge in [0.05, 0.1) is 16.8 Å². The van der Waals surface area contributed by atoms with Crippen LogP contribution in [0.25, 0.3) is 0 Å². The summed E-state index contributed by atoms with van der Waals surface area (Å²) in [5.41, 5.74) is 7.86. The van der Waals surface area contributed by atoms with E-state index in [4.69, 9.17) is 5.73 Å². The smallest absolute Gasteiger partial charge is 0.262 e. The highest BCUT2D eigenvalue weighted by Gasteiger charge is 2.44. The lowest BCUT2D eigenvalue weighted by Crippen LogP contribution is -2.54. The number of nitrogens with zero attached hydrogens (tertiary/aromatic N) is 2. The fourth-order valence-corrected chi connectivity index (χ4v) is 3.71. The number of carbonyl (C=O) groups excluding carboxylic acids is 4. The SMILES string of the molecule is CC(NCc1ccc2c(c1)C(=O)N(C1CCC(=O)NC1=O)C2=O)c1cccc(N)n1. The van der Waals surface area contributed by atoms with Gasteiger partial charge >= 0.3 is 0 Å². The second-order valence-electron chi connectivity index (χ2n) is 7.42. The molecule has 154 valence electrons. The first-order valence-electron chi connectivity index (χ1n) is 9.65. The average molecular weight is 407 g/mol. The Morgan fingerprint density at radius 1 is 1.17 bits per heavy atom. The summed E-state index contributed by atoms with van der Waals surface area (Å²) in [6, 6.07) is 9.41. The van der Waals surface area contributed by atoms with Crippen molar-refractivity contribution in [2.24, 2.45) is 0 Å². The topological polar surface area (TPSA) is 134 Å². The fourth-order valence-electron chi connectivity index (χ4n) is 3.71. The van der Waals surface area contributed by atoms with Gasteiger partial charge in [0.2, 0.25) is 11.8 Å². The van der Waals surface area contributed by atoms with Gasteiger partial charge in [-0.2, -0.15) is 0 Å². The van der Waals surface area contributed by atoms with Crippen LogP contribution < -0.4 is 16.4 Å². The molecule has 30 heavy (non-hydrogen) atoms. The number of amides is 4. The van der Waals surface area contributed by atoms with Crippen molar-refractivity contribution in [1.29, 1.82) is 0 Å². The Morgan fingerprint density at radius 2 is 1.93 bits per heavy atom. The summed E-state index contributed by atoms with van der Waals surface area (Å²) in [5.74, 6) is -1.61. The van der Waals surface area contributed by atoms with E-state index in [1.165, 1.54) is 0 Å². The Kier molecular flexibility index (Phi) is 5.04. The van der Waals surface area contributed by atoms with E-state index < -0.39 is 29.7 Å². The maximum atomic E-state index is 12.9. The molecule has 9 heteroatoms. The highest BCUT2D eigenvalue weighted by Crippen LogP contribution is 2.28. The first kappa shape index (κ1) is 19.7. The van der Waals surface area contributed by atoms with Crippen molar-refractivity contribution >= 4 is 29.4 Å². The van der Waals surface area contributed by atoms with Crippen LogP contribution in [0, 0.1) is 0 Å². The van der Waals surface area contributed by atoms with E-state index >= 15 is 0 Å². The highest BCUT2D eigenvalue weighted by atomic mass is 16.2. The first-order chi connectivity index (χ1) is 14.3. The molecular formula is C21H21N5O4. The third-order valence-corrected chi connectivity index (χ3v) is 5.35. The molecule has 0 bridgehead atoms. The number of pyridine rings is 1. The van der Waals surface area contributed by atoms with Gasteiger partial charge in [0.1, 0.15) is 11.9 Å². The van der Waals surface area contributed by atoms with E-state index in [1.807, 2.05) is 19.1 Å². The number of hydrogen-bond acceptors (Lipinski definition) is 7. The van der Waals surface area contributed by atoms with Crippen LogP contribution in [0.5, 0.6) is 0 Å². The number of anilines is 1. The summed E-state index contributed by atoms with van der Waals surface area (Å²) in [4.78, 5) is 54.4. The molecule has 4 N–H and O–H groups in total. The van der Waals surface area contributed by atoms with E-state index in [2.05, 4.69) is 15.6 Å². The second-order valence-corrected chi connectivity index (χ2v) is 7.42. The number of nitrogen functional groups attached to an aromatic ring is 1. The molecule has 1 saturated heterocycles. The minimum absolute atomic E-state index is 0.0703. The zero-order chi connectivity index (χ0) is 21.4. The number of fused-ring (bicyclic) bond motifs is 1. The summed E-state index contributed by atoms with van der Waals surface area (Å²) >= 11 is 0. The van der Waals surface area contributed by atoms with Crippen molar-refractivity contribution in [3.63, 3.8) is 0 Å². The van der Waals surface area contributed by atoms with E-state index in [0.717, 1.165) is 16.2 Å². The van der Waals surface area contributed by atoms with Gasteiger partial charge < -0.3 is 11.1 Å². The molecule has 2 atom stereocenters. The number of hydrogen-bond donors (Lipinski definition) is 3. The molecule has 0 spiro atoms. The molecule has 9 nitrogen and oxygen atoms in total. The quantitative estimate of drug-likeness (QED) is 0.627. The van der Waals surface area contributed by atoms with Gasteiger partial charge in [0.25, 0.3) is 11.8 Å². The molecule has 2 aromatic rings. The number of aromatic nitrogens is 1. The van der Waals surface area contributed by atoms with Crippen LogP contribution in [-0.2, 0) is 16.1 Å². The van der Waals surface area contributed by atoms with Crippen LogP contribution in [0.4, 0.5) is 5.82 Å². The van der Waals surface area contributed by atoms with E-state index in [0.29, 0.717) is 12.4 Å². The summed E-state index contributed by atoms with van der Waals surface area (Å²) in [7, 11) is 0. The first-order valence-corrected chi connectivity index (χ1v) is 9.65. The predicted octanol–water partition coefficient (Wildman–Crippen LogP) is 0.916. The molecule has 0 aliphatic carbocycles. The van der Waals surface area contributed by atoms with Crippen molar-refractivity contribution in [3.05, 3.63) is 58.8 Å². The number of benzene rings is 1. The van der Waals surface area contributed by atoms with Crippen LogP contribution >= 0.6 is 0 Å². The second kappa shape index (κ2) is 7.68. The van der Waals surface area contributed by atoms with Gasteiger partial charge in [0, 0.05) is 19.0 Å². The molecular weight excluding hydrogens is 386 g/mol. The van der Waals surface area contributed by atoms with Crippen LogP contribution in [0.2, 0.25) is 0 Å². The summed E-state index contributed by atoms with van der Waals surface area (Å²) in [5, 5.41) is 5.51. The third-order valence-electron chi connectivity index (χ3n) is 5.35. The van der Waals surface area contributed by atoms with Crippen molar-refractivity contribution < 1.29 is 19.2 Å². The number of imide groups is 2. The number of nitrogens with one attached hydrogen (secondary N) is 2. The van der Waals surface area contributed by atoms with Gasteiger partial charge in [-0.25, -0.2) is 4.98 Å². The lowest BCUT2D eigenvalue weighted by atomic mass is 10.0. The molecule has 2 unspecified atom stereocenters. The number of carbonyl (C=O) groups is 4. The number of piperidine rings is 1. The summed E-state index contributed by atoms with van der Waals surface area (Å²) in [6.45, 7) is 2.40. The molecule has 4 amide bonds. The van der Waals surface area contributed by atoms with Crippen molar-refractivity contribution in [2.75, 3.05) is 5.73 Å². The standard InChI is InChI=1S/C21H21N5O4/c1-11(15-3-2-4-17(22)24-15)23-10-12-5-6-13-14(9-12)21(30)26(20(13)29)16-7-8-18(27)25-19(16)28/h2-6,9,11,16,23H,7-8,10H2,1H3,(H2,22,24)(H,25,27,28). The van der Waals surface area contributed by atoms with Crippen LogP contribution in [-0.4, -0.2) is 39.6 Å². The highest BCUT2D eigenvalue weighted by molar-refractivity contribution is 6.23. The molecule has 2 aliphatic heterocycles. The summed E-state index contributed by atoms with van der Waals surface area (Å²) in [6.07, 6.45) is 0.226. The van der Waals surface area contributed by atoms with Crippen molar-refractivity contribution in [3.8, 4) is 0 Å². The maximum absolute atomic E-state index is 12.9. The normalized spacial score (nSPS) is 19.6. The minimum atomic E-state index is -0.966. The molecule has 3 heterocycles. The van der Waals surface area contributed by atoms with Gasteiger partial charge in [-0.15, -0.1) is 0 Å². The van der Waals surface area contributed by atoms with Gasteiger partial charge in [-0.05, 0) is 43.2 Å². The molecule has 4 rings (SSSR count). The third kappa shape index (κ3) is 3.55. The van der Waals surface area contributed by atoms with E-state index in [1.54, 1.807) is 24.3 Å². The number of rotatable bonds is 5. The lowest BCUT2D eigenvalue weighted by Gasteiger charge is -2.27. The zero-order valence-corrected chi connectivity index (χ0v) is 16.3. The molecule has 0 radical (unpaired) electrons. The minimum Gasteiger partial charge on any atom is -0.384 e. The monoisotopic (exact) mass is 407 g/mol. The van der Waals surface area contributed by atoms with Crippen molar-refractivity contribution in [1.82, 2.24) is 20.5 Å². The average Bonchev–Trinajstić information content (AvgIpc) is 2.96. The van der Waals surface area contributed by atoms with Crippen LogP contribution in [0.15, 0.2) is 36.4 Å². The molecule has 1 aromatic heterocycles. The summed E-state index contributed by atoms with van der Waals surface area (Å²) < 4.78 is 0. The maximum Gasteiger partial charge on any atom is 0.262 e. The van der Waals surface area contributed by atoms with Gasteiger partial charge in [0.15, 0.2) is 0 Å². The van der Waals surface area contributed by atoms with E-state index in [9.17, 15) is 19.2 Å². The largest absolute Gasteiger partial charge is 0.384 e. The number of nitrogens with two attached hydrogens (primary N) is 1.